The minimum atomic E-state index is -0.915. The van der Waals surface area contributed by atoms with Crippen molar-refractivity contribution in [2.24, 2.45) is 0 Å². The Labute approximate surface area is 105 Å². The zero-order valence-electron chi connectivity index (χ0n) is 9.26. The molecule has 0 radical (unpaired) electrons. The van der Waals surface area contributed by atoms with Crippen LogP contribution in [0.5, 0.6) is 0 Å². The summed E-state index contributed by atoms with van der Waals surface area (Å²) in [5, 5.41) is 10.3. The number of rotatable bonds is 4. The number of aliphatic carboxylic acids is 1. The van der Waals surface area contributed by atoms with E-state index in [4.69, 9.17) is 23.2 Å². The van der Waals surface area contributed by atoms with E-state index >= 15 is 0 Å². The molecule has 0 aliphatic rings. The maximum Gasteiger partial charge on any atom is 0.314 e. The molecule has 0 amide bonds. The third-order valence-electron chi connectivity index (χ3n) is 3.06. The number of halogens is 2. The number of carbonyl (C=O) groups is 1. The Morgan fingerprint density at radius 1 is 1.31 bits per heavy atom. The van der Waals surface area contributed by atoms with Crippen molar-refractivity contribution >= 4 is 29.2 Å². The molecule has 0 bridgehead atoms. The molecule has 16 heavy (non-hydrogen) atoms. The first-order valence-electron chi connectivity index (χ1n) is 5.17. The lowest BCUT2D eigenvalue weighted by atomic mass is 9.76. The molecule has 0 aliphatic heterocycles. The molecule has 0 fully saturated rings. The summed E-state index contributed by atoms with van der Waals surface area (Å²) in [7, 11) is 0. The molecule has 0 saturated carbocycles. The first-order valence-corrected chi connectivity index (χ1v) is 5.92. The van der Waals surface area contributed by atoms with Crippen LogP contribution in [0.1, 0.15) is 32.3 Å². The predicted octanol–water partition coefficient (Wildman–Crippen LogP) is 4.14. The number of carboxylic acids is 1. The van der Waals surface area contributed by atoms with Gasteiger partial charge >= 0.3 is 5.97 Å². The fourth-order valence-electron chi connectivity index (χ4n) is 1.93. The van der Waals surface area contributed by atoms with E-state index in [1.807, 2.05) is 13.8 Å². The molecule has 4 heteroatoms. The molecule has 1 aromatic carbocycles. The summed E-state index contributed by atoms with van der Waals surface area (Å²) in [4.78, 5) is 11.4. The first kappa shape index (κ1) is 13.3. The van der Waals surface area contributed by atoms with Crippen LogP contribution in [-0.2, 0) is 10.2 Å². The molecular weight excluding hydrogens is 247 g/mol. The standard InChI is InChI=1S/C12H14Cl2O2/c1-3-12(4-2,11(15)16)9-6-5-8(13)7-10(9)14/h5-7H,3-4H2,1-2H3,(H,15,16). The summed E-state index contributed by atoms with van der Waals surface area (Å²) in [6, 6.07) is 4.96. The molecule has 0 unspecified atom stereocenters. The number of carboxylic acid groups (broad SMARTS) is 1. The van der Waals surface area contributed by atoms with E-state index in [2.05, 4.69) is 0 Å². The molecule has 0 saturated heterocycles. The second-order valence-corrected chi connectivity index (χ2v) is 4.56. The smallest absolute Gasteiger partial charge is 0.314 e. The largest absolute Gasteiger partial charge is 0.481 e. The van der Waals surface area contributed by atoms with E-state index in [-0.39, 0.29) is 0 Å². The van der Waals surface area contributed by atoms with Crippen molar-refractivity contribution < 1.29 is 9.90 Å². The maximum absolute atomic E-state index is 11.4. The van der Waals surface area contributed by atoms with Gasteiger partial charge in [0, 0.05) is 10.0 Å². The van der Waals surface area contributed by atoms with Gasteiger partial charge in [0.2, 0.25) is 0 Å². The van der Waals surface area contributed by atoms with Gasteiger partial charge in [-0.15, -0.1) is 0 Å². The minimum Gasteiger partial charge on any atom is -0.481 e. The highest BCUT2D eigenvalue weighted by atomic mass is 35.5. The van der Waals surface area contributed by atoms with E-state index in [9.17, 15) is 9.90 Å². The SMILES string of the molecule is CCC(CC)(C(=O)O)c1ccc(Cl)cc1Cl. The molecule has 0 aromatic heterocycles. The molecule has 0 spiro atoms. The van der Waals surface area contributed by atoms with Crippen molar-refractivity contribution in [3.63, 3.8) is 0 Å². The van der Waals surface area contributed by atoms with Crippen molar-refractivity contribution in [3.05, 3.63) is 33.8 Å². The molecule has 0 atom stereocenters. The van der Waals surface area contributed by atoms with Crippen molar-refractivity contribution in [1.29, 1.82) is 0 Å². The quantitative estimate of drug-likeness (QED) is 0.884. The molecule has 0 aliphatic carbocycles. The van der Waals surface area contributed by atoms with Crippen LogP contribution in [0.2, 0.25) is 10.0 Å². The Balaban J connectivity index is 3.37. The number of hydrogen-bond donors (Lipinski definition) is 1. The normalized spacial score (nSPS) is 11.5. The fourth-order valence-corrected chi connectivity index (χ4v) is 2.52. The zero-order valence-corrected chi connectivity index (χ0v) is 10.8. The molecule has 1 aromatic rings. The summed E-state index contributed by atoms with van der Waals surface area (Å²) in [5.74, 6) is -0.846. The van der Waals surface area contributed by atoms with Crippen LogP contribution in [0.4, 0.5) is 0 Å². The Morgan fingerprint density at radius 2 is 1.88 bits per heavy atom. The van der Waals surface area contributed by atoms with Gasteiger partial charge in [-0.05, 0) is 30.5 Å². The lowest BCUT2D eigenvalue weighted by Gasteiger charge is -2.28. The zero-order chi connectivity index (χ0) is 12.3. The lowest BCUT2D eigenvalue weighted by molar-refractivity contribution is -0.144. The molecular formula is C12H14Cl2O2. The van der Waals surface area contributed by atoms with Crippen LogP contribution < -0.4 is 0 Å². The van der Waals surface area contributed by atoms with E-state index in [0.717, 1.165) is 0 Å². The number of hydrogen-bond acceptors (Lipinski definition) is 1. The predicted molar refractivity (Wildman–Crippen MR) is 66.4 cm³/mol. The summed E-state index contributed by atoms with van der Waals surface area (Å²) < 4.78 is 0. The lowest BCUT2D eigenvalue weighted by Crippen LogP contribution is -2.34. The number of benzene rings is 1. The van der Waals surface area contributed by atoms with Gasteiger partial charge in [-0.1, -0.05) is 43.1 Å². The third-order valence-corrected chi connectivity index (χ3v) is 3.61. The van der Waals surface area contributed by atoms with Crippen molar-refractivity contribution in [3.8, 4) is 0 Å². The van der Waals surface area contributed by atoms with Gasteiger partial charge in [-0.2, -0.15) is 0 Å². The average Bonchev–Trinajstić information content (AvgIpc) is 2.22. The Morgan fingerprint density at radius 3 is 2.25 bits per heavy atom. The van der Waals surface area contributed by atoms with Gasteiger partial charge in [0.05, 0.1) is 5.41 Å². The third kappa shape index (κ3) is 2.18. The highest BCUT2D eigenvalue weighted by molar-refractivity contribution is 6.35. The molecule has 1 N–H and O–H groups in total. The van der Waals surface area contributed by atoms with Gasteiger partial charge < -0.3 is 5.11 Å². The van der Waals surface area contributed by atoms with E-state index < -0.39 is 11.4 Å². The van der Waals surface area contributed by atoms with Gasteiger partial charge in [0.15, 0.2) is 0 Å². The highest BCUT2D eigenvalue weighted by Gasteiger charge is 2.38. The van der Waals surface area contributed by atoms with E-state index in [1.165, 1.54) is 0 Å². The first-order chi connectivity index (χ1) is 7.47. The van der Waals surface area contributed by atoms with E-state index in [1.54, 1.807) is 18.2 Å². The minimum absolute atomic E-state index is 0.415. The van der Waals surface area contributed by atoms with Crippen molar-refractivity contribution in [2.75, 3.05) is 0 Å². The summed E-state index contributed by atoms with van der Waals surface area (Å²) >= 11 is 11.9. The summed E-state index contributed by atoms with van der Waals surface area (Å²) in [6.45, 7) is 3.70. The van der Waals surface area contributed by atoms with Crippen LogP contribution in [0.25, 0.3) is 0 Å². The maximum atomic E-state index is 11.4. The average molecular weight is 261 g/mol. The van der Waals surface area contributed by atoms with Crippen molar-refractivity contribution in [2.45, 2.75) is 32.1 Å². The monoisotopic (exact) mass is 260 g/mol. The van der Waals surface area contributed by atoms with Crippen LogP contribution in [0, 0.1) is 0 Å². The molecule has 0 heterocycles. The topological polar surface area (TPSA) is 37.3 Å². The Kier molecular flexibility index (Phi) is 4.22. The van der Waals surface area contributed by atoms with Gasteiger partial charge in [0.1, 0.15) is 0 Å². The second kappa shape index (κ2) is 5.07. The Hall–Kier alpha value is -0.730. The molecule has 1 rings (SSSR count). The van der Waals surface area contributed by atoms with Gasteiger partial charge in [-0.3, -0.25) is 4.79 Å². The fraction of sp³-hybridized carbons (Fsp3) is 0.417. The highest BCUT2D eigenvalue weighted by Crippen LogP contribution is 2.37. The van der Waals surface area contributed by atoms with Crippen LogP contribution in [-0.4, -0.2) is 11.1 Å². The van der Waals surface area contributed by atoms with Crippen LogP contribution >= 0.6 is 23.2 Å². The summed E-state index contributed by atoms with van der Waals surface area (Å²) in [5.41, 5.74) is -0.280. The molecule has 88 valence electrons. The Bertz CT molecular complexity index is 398. The van der Waals surface area contributed by atoms with Crippen LogP contribution in [0.15, 0.2) is 18.2 Å². The van der Waals surface area contributed by atoms with Crippen LogP contribution in [0.3, 0.4) is 0 Å². The summed E-state index contributed by atoms with van der Waals surface area (Å²) in [6.07, 6.45) is 1.00. The van der Waals surface area contributed by atoms with E-state index in [0.29, 0.717) is 28.5 Å². The molecule has 2 nitrogen and oxygen atoms in total. The van der Waals surface area contributed by atoms with Crippen molar-refractivity contribution in [1.82, 2.24) is 0 Å². The second-order valence-electron chi connectivity index (χ2n) is 3.72. The van der Waals surface area contributed by atoms with Gasteiger partial charge in [0.25, 0.3) is 0 Å². The van der Waals surface area contributed by atoms with Gasteiger partial charge in [-0.25, -0.2) is 0 Å².